The molecule has 0 bridgehead atoms. The van der Waals surface area contributed by atoms with Crippen LogP contribution in [0.3, 0.4) is 0 Å². The number of hydrogen-bond donors (Lipinski definition) is 3. The number of nitrogens with one attached hydrogen (secondary N) is 1. The molecule has 0 aliphatic rings. The second-order valence-electron chi connectivity index (χ2n) is 7.06. The number of alkyl carbamates (subject to hydrolysis) is 1. The van der Waals surface area contributed by atoms with Crippen LogP contribution >= 0.6 is 31.9 Å². The van der Waals surface area contributed by atoms with Gasteiger partial charge in [0.1, 0.15) is 11.5 Å². The summed E-state index contributed by atoms with van der Waals surface area (Å²) in [5.41, 5.74) is 0.335. The Morgan fingerprint density at radius 2 is 1.57 bits per heavy atom. The van der Waals surface area contributed by atoms with E-state index in [2.05, 4.69) is 37.2 Å². The van der Waals surface area contributed by atoms with E-state index in [9.17, 15) is 24.6 Å². The Labute approximate surface area is 217 Å². The van der Waals surface area contributed by atoms with Crippen LogP contribution in [0.5, 0.6) is 11.5 Å². The van der Waals surface area contributed by atoms with Crippen LogP contribution in [0, 0.1) is 0 Å². The van der Waals surface area contributed by atoms with Crippen molar-refractivity contribution in [2.75, 3.05) is 0 Å². The number of carboxylic acids is 1. The Kier molecular flexibility index (Phi) is 9.04. The molecule has 0 radical (unpaired) electrons. The van der Waals surface area contributed by atoms with Crippen molar-refractivity contribution in [1.29, 1.82) is 0 Å². The van der Waals surface area contributed by atoms with Gasteiger partial charge in [0, 0.05) is 21.7 Å². The molecule has 2 atom stereocenters. The van der Waals surface area contributed by atoms with E-state index in [0.717, 1.165) is 6.08 Å². The second-order valence-corrected chi connectivity index (χ2v) is 8.83. The van der Waals surface area contributed by atoms with Crippen molar-refractivity contribution in [3.8, 4) is 11.5 Å². The van der Waals surface area contributed by atoms with E-state index < -0.39 is 30.2 Å². The lowest BCUT2D eigenvalue weighted by molar-refractivity contribution is -0.131. The predicted octanol–water partition coefficient (Wildman–Crippen LogP) is 5.61. The van der Waals surface area contributed by atoms with E-state index in [1.807, 2.05) is 0 Å². The second kappa shape index (κ2) is 12.2. The standard InChI is InChI=1S/C25H19Br2NO7/c26-16-13-18(22(31)19(27)14-16)23(35-25(33)28-24(32)15-7-3-1-4-8-15)20(11-12-21(29)30)34-17-9-5-2-6-10-17/h1-14,20,23,31H,(H,29,30)(H,28,32,33)/b12-11+/t20-,23-/m1/s1. The SMILES string of the molecule is O=C(O)/C=C/[C@@H](Oc1ccccc1)[C@H](OC(=O)NC(=O)c1ccccc1)c1cc(Br)cc(Br)c1O. The van der Waals surface area contributed by atoms with Gasteiger partial charge in [0.15, 0.2) is 12.2 Å². The predicted molar refractivity (Wildman–Crippen MR) is 134 cm³/mol. The molecule has 3 aromatic rings. The van der Waals surface area contributed by atoms with Gasteiger partial charge in [0.2, 0.25) is 0 Å². The topological polar surface area (TPSA) is 122 Å². The van der Waals surface area contributed by atoms with Gasteiger partial charge in [0.25, 0.3) is 5.91 Å². The Balaban J connectivity index is 1.99. The molecule has 3 aromatic carbocycles. The highest BCUT2D eigenvalue weighted by Crippen LogP contribution is 2.39. The molecule has 0 saturated heterocycles. The number of hydrogen-bond acceptors (Lipinski definition) is 6. The summed E-state index contributed by atoms with van der Waals surface area (Å²) in [5, 5.41) is 22.0. The highest BCUT2D eigenvalue weighted by molar-refractivity contribution is 9.11. The molecule has 180 valence electrons. The zero-order valence-electron chi connectivity index (χ0n) is 17.9. The van der Waals surface area contributed by atoms with Crippen LogP contribution in [-0.2, 0) is 9.53 Å². The summed E-state index contributed by atoms with van der Waals surface area (Å²) >= 11 is 6.56. The fraction of sp³-hybridized carbons (Fsp3) is 0.0800. The smallest absolute Gasteiger partial charge is 0.414 e. The third-order valence-corrected chi connectivity index (χ3v) is 5.65. The average molecular weight is 605 g/mol. The monoisotopic (exact) mass is 603 g/mol. The van der Waals surface area contributed by atoms with Crippen LogP contribution in [0.15, 0.2) is 93.9 Å². The Morgan fingerprint density at radius 1 is 0.943 bits per heavy atom. The van der Waals surface area contributed by atoms with E-state index in [0.29, 0.717) is 10.2 Å². The Bertz CT molecular complexity index is 1230. The zero-order valence-corrected chi connectivity index (χ0v) is 21.1. The summed E-state index contributed by atoms with van der Waals surface area (Å²) in [4.78, 5) is 36.4. The van der Waals surface area contributed by atoms with Crippen molar-refractivity contribution >= 4 is 49.8 Å². The van der Waals surface area contributed by atoms with E-state index in [-0.39, 0.29) is 21.3 Å². The highest BCUT2D eigenvalue weighted by atomic mass is 79.9. The highest BCUT2D eigenvalue weighted by Gasteiger charge is 2.31. The summed E-state index contributed by atoms with van der Waals surface area (Å²) in [5.74, 6) is -1.86. The maximum Gasteiger partial charge on any atom is 0.414 e. The number of phenolic OH excluding ortho intramolecular Hbond substituents is 1. The number of ether oxygens (including phenoxy) is 2. The van der Waals surface area contributed by atoms with Gasteiger partial charge in [-0.15, -0.1) is 0 Å². The van der Waals surface area contributed by atoms with Crippen molar-refractivity contribution in [2.45, 2.75) is 12.2 Å². The maximum atomic E-state index is 12.7. The van der Waals surface area contributed by atoms with Gasteiger partial charge in [-0.05, 0) is 58.4 Å². The number of carbonyl (C=O) groups is 3. The van der Waals surface area contributed by atoms with Crippen LogP contribution in [0.2, 0.25) is 0 Å². The van der Waals surface area contributed by atoms with Crippen molar-refractivity contribution in [1.82, 2.24) is 5.32 Å². The van der Waals surface area contributed by atoms with Gasteiger partial charge in [0.05, 0.1) is 4.47 Å². The third kappa shape index (κ3) is 7.43. The van der Waals surface area contributed by atoms with E-state index in [4.69, 9.17) is 9.47 Å². The average Bonchev–Trinajstić information content (AvgIpc) is 2.84. The summed E-state index contributed by atoms with van der Waals surface area (Å²) in [7, 11) is 0. The number of rotatable bonds is 8. The van der Waals surface area contributed by atoms with Gasteiger partial charge in [-0.2, -0.15) is 0 Å². The van der Waals surface area contributed by atoms with Crippen molar-refractivity contribution in [2.24, 2.45) is 0 Å². The molecular weight excluding hydrogens is 586 g/mol. The molecular formula is C25H19Br2NO7. The molecule has 3 N–H and O–H groups in total. The fourth-order valence-electron chi connectivity index (χ4n) is 3.04. The van der Waals surface area contributed by atoms with Crippen LogP contribution < -0.4 is 10.1 Å². The molecule has 0 unspecified atom stereocenters. The first-order chi connectivity index (χ1) is 16.7. The number of imide groups is 1. The molecule has 0 spiro atoms. The number of carboxylic acid groups (broad SMARTS) is 1. The quantitative estimate of drug-likeness (QED) is 0.286. The summed E-state index contributed by atoms with van der Waals surface area (Å²) in [6.45, 7) is 0. The molecule has 2 amide bonds. The lowest BCUT2D eigenvalue weighted by Gasteiger charge is -2.27. The summed E-state index contributed by atoms with van der Waals surface area (Å²) in [6, 6.07) is 19.6. The number of amides is 2. The lowest BCUT2D eigenvalue weighted by atomic mass is 10.0. The number of aliphatic carboxylic acids is 1. The number of phenols is 1. The van der Waals surface area contributed by atoms with Crippen LogP contribution in [-0.4, -0.2) is 34.3 Å². The Hall–Kier alpha value is -3.63. The molecule has 0 aromatic heterocycles. The third-order valence-electron chi connectivity index (χ3n) is 4.59. The van der Waals surface area contributed by atoms with Crippen LogP contribution in [0.4, 0.5) is 4.79 Å². The molecule has 8 nitrogen and oxygen atoms in total. The first-order valence-corrected chi connectivity index (χ1v) is 11.7. The fourth-order valence-corrected chi connectivity index (χ4v) is 4.30. The Morgan fingerprint density at radius 3 is 2.20 bits per heavy atom. The molecule has 0 fully saturated rings. The zero-order chi connectivity index (χ0) is 25.4. The van der Waals surface area contributed by atoms with Gasteiger partial charge in [-0.1, -0.05) is 52.3 Å². The molecule has 0 aliphatic heterocycles. The van der Waals surface area contributed by atoms with Gasteiger partial charge < -0.3 is 19.7 Å². The van der Waals surface area contributed by atoms with Gasteiger partial charge in [-0.25, -0.2) is 9.59 Å². The maximum absolute atomic E-state index is 12.7. The van der Waals surface area contributed by atoms with E-state index in [1.165, 1.54) is 24.3 Å². The minimum Gasteiger partial charge on any atom is -0.506 e. The molecule has 0 aliphatic carbocycles. The summed E-state index contributed by atoms with van der Waals surface area (Å²) in [6.07, 6.45) is -1.66. The van der Waals surface area contributed by atoms with E-state index >= 15 is 0 Å². The number of benzene rings is 3. The first-order valence-electron chi connectivity index (χ1n) is 10.1. The number of aromatic hydroxyl groups is 1. The first kappa shape index (κ1) is 26.0. The number of carbonyl (C=O) groups excluding carboxylic acids is 2. The van der Waals surface area contributed by atoms with Gasteiger partial charge in [-0.3, -0.25) is 10.1 Å². The van der Waals surface area contributed by atoms with Crippen molar-refractivity contribution in [3.63, 3.8) is 0 Å². The molecule has 35 heavy (non-hydrogen) atoms. The number of halogens is 2. The molecule has 0 saturated carbocycles. The normalized spacial score (nSPS) is 12.5. The summed E-state index contributed by atoms with van der Waals surface area (Å²) < 4.78 is 12.3. The minimum absolute atomic E-state index is 0.101. The van der Waals surface area contributed by atoms with Gasteiger partial charge >= 0.3 is 12.1 Å². The van der Waals surface area contributed by atoms with Crippen molar-refractivity contribution in [3.05, 3.63) is 105 Å². The molecule has 0 heterocycles. The number of para-hydroxylation sites is 1. The molecule has 3 rings (SSSR count). The minimum atomic E-state index is -1.36. The molecule has 10 heteroatoms. The largest absolute Gasteiger partial charge is 0.506 e. The van der Waals surface area contributed by atoms with E-state index in [1.54, 1.807) is 54.6 Å². The lowest BCUT2D eigenvalue weighted by Crippen LogP contribution is -2.36. The van der Waals surface area contributed by atoms with Crippen molar-refractivity contribution < 1.29 is 34.1 Å². The van der Waals surface area contributed by atoms with Crippen LogP contribution in [0.1, 0.15) is 22.0 Å². The van der Waals surface area contributed by atoms with Crippen LogP contribution in [0.25, 0.3) is 0 Å².